The number of hydrogen-bond donors (Lipinski definition) is 1. The average Bonchev–Trinajstić information content (AvgIpc) is 2.25. The summed E-state index contributed by atoms with van der Waals surface area (Å²) in [5, 5.41) is 13.5. The van der Waals surface area contributed by atoms with Crippen molar-refractivity contribution in [3.63, 3.8) is 0 Å². The first-order chi connectivity index (χ1) is 7.93. The lowest BCUT2D eigenvalue weighted by Gasteiger charge is -2.23. The van der Waals surface area contributed by atoms with Gasteiger partial charge in [0.25, 0.3) is 5.91 Å². The van der Waals surface area contributed by atoms with Crippen molar-refractivity contribution in [3.05, 3.63) is 34.9 Å². The van der Waals surface area contributed by atoms with E-state index in [4.69, 9.17) is 11.6 Å². The predicted molar refractivity (Wildman–Crippen MR) is 62.6 cm³/mol. The van der Waals surface area contributed by atoms with E-state index in [9.17, 15) is 14.7 Å². The third-order valence-corrected chi connectivity index (χ3v) is 2.66. The predicted octanol–water partition coefficient (Wildman–Crippen LogP) is 0.844. The second-order valence-electron chi connectivity index (χ2n) is 3.99. The second kappa shape index (κ2) is 5.68. The smallest absolute Gasteiger partial charge is 0.253 e. The van der Waals surface area contributed by atoms with Crippen LogP contribution in [0.4, 0.5) is 0 Å². The summed E-state index contributed by atoms with van der Waals surface area (Å²) < 4.78 is 0. The molecule has 1 amide bonds. The van der Waals surface area contributed by atoms with Gasteiger partial charge in [0.05, 0.1) is 22.6 Å². The summed E-state index contributed by atoms with van der Waals surface area (Å²) >= 11 is 5.84. The van der Waals surface area contributed by atoms with Crippen LogP contribution in [-0.2, 0) is 4.79 Å². The zero-order valence-electron chi connectivity index (χ0n) is 9.57. The first-order valence-electron chi connectivity index (χ1n) is 5.19. The van der Waals surface area contributed by atoms with Crippen molar-refractivity contribution in [2.24, 2.45) is 5.92 Å². The summed E-state index contributed by atoms with van der Waals surface area (Å²) in [6.07, 6.45) is 0. The first-order valence-corrected chi connectivity index (χ1v) is 5.57. The Morgan fingerprint density at radius 2 is 1.88 bits per heavy atom. The minimum atomic E-state index is -1.31. The Morgan fingerprint density at radius 1 is 1.29 bits per heavy atom. The van der Waals surface area contributed by atoms with Crippen molar-refractivity contribution in [3.8, 4) is 0 Å². The number of amides is 1. The average molecular weight is 255 g/mol. The van der Waals surface area contributed by atoms with Crippen LogP contribution in [0.1, 0.15) is 24.2 Å². The van der Waals surface area contributed by atoms with Crippen molar-refractivity contribution < 1.29 is 14.7 Å². The van der Waals surface area contributed by atoms with Crippen molar-refractivity contribution in [2.45, 2.75) is 19.9 Å². The third-order valence-electron chi connectivity index (χ3n) is 2.33. The van der Waals surface area contributed by atoms with Crippen LogP contribution in [0.25, 0.3) is 0 Å². The zero-order chi connectivity index (χ0) is 13.0. The largest absolute Gasteiger partial charge is 0.548 e. The fraction of sp³-hybridized carbons (Fsp3) is 0.333. The van der Waals surface area contributed by atoms with Crippen LogP contribution < -0.4 is 10.4 Å². The molecule has 4 nitrogen and oxygen atoms in total. The highest BCUT2D eigenvalue weighted by Crippen LogP contribution is 2.15. The van der Waals surface area contributed by atoms with Crippen molar-refractivity contribution in [2.75, 3.05) is 0 Å². The Morgan fingerprint density at radius 3 is 2.35 bits per heavy atom. The molecular weight excluding hydrogens is 242 g/mol. The van der Waals surface area contributed by atoms with Crippen LogP contribution in [0.3, 0.4) is 0 Å². The number of carbonyl (C=O) groups excluding carboxylic acids is 2. The van der Waals surface area contributed by atoms with Gasteiger partial charge in [-0.25, -0.2) is 0 Å². The molecule has 0 aromatic heterocycles. The maximum Gasteiger partial charge on any atom is 0.253 e. The van der Waals surface area contributed by atoms with Gasteiger partial charge in [0.1, 0.15) is 0 Å². The van der Waals surface area contributed by atoms with Crippen molar-refractivity contribution >= 4 is 23.5 Å². The molecule has 0 radical (unpaired) electrons. The Bertz CT molecular complexity index is 432. The molecule has 0 spiro atoms. The summed E-state index contributed by atoms with van der Waals surface area (Å²) in [7, 11) is 0. The van der Waals surface area contributed by atoms with E-state index in [1.807, 2.05) is 0 Å². The molecule has 1 rings (SSSR count). The van der Waals surface area contributed by atoms with Crippen LogP contribution >= 0.6 is 11.6 Å². The molecule has 92 valence electrons. The summed E-state index contributed by atoms with van der Waals surface area (Å²) in [5.74, 6) is -2.08. The van der Waals surface area contributed by atoms with E-state index >= 15 is 0 Å². The number of hydrogen-bond acceptors (Lipinski definition) is 3. The number of carboxylic acid groups (broad SMARTS) is 1. The molecular formula is C12H13ClNO3-. The lowest BCUT2D eigenvalue weighted by Crippen LogP contribution is -2.50. The van der Waals surface area contributed by atoms with Gasteiger partial charge in [0, 0.05) is 0 Å². The molecule has 0 bridgehead atoms. The van der Waals surface area contributed by atoms with Gasteiger partial charge in [0.15, 0.2) is 0 Å². The molecule has 0 saturated carbocycles. The molecule has 5 heteroatoms. The van der Waals surface area contributed by atoms with Gasteiger partial charge in [0.2, 0.25) is 0 Å². The number of rotatable bonds is 4. The zero-order valence-corrected chi connectivity index (χ0v) is 10.3. The molecule has 0 aliphatic carbocycles. The molecule has 0 unspecified atom stereocenters. The fourth-order valence-corrected chi connectivity index (χ4v) is 1.58. The van der Waals surface area contributed by atoms with E-state index in [1.165, 1.54) is 6.07 Å². The SMILES string of the molecule is CC(C)[C@H](NC(=O)c1ccccc1Cl)C(=O)[O-]. The topological polar surface area (TPSA) is 69.2 Å². The number of carbonyl (C=O) groups is 2. The van der Waals surface area contributed by atoms with E-state index in [0.717, 1.165) is 0 Å². The van der Waals surface area contributed by atoms with Crippen molar-refractivity contribution in [1.82, 2.24) is 5.32 Å². The van der Waals surface area contributed by atoms with Crippen LogP contribution in [-0.4, -0.2) is 17.9 Å². The molecule has 1 atom stereocenters. The maximum atomic E-state index is 11.8. The Hall–Kier alpha value is -1.55. The Kier molecular flexibility index (Phi) is 4.52. The molecule has 0 aliphatic rings. The molecule has 1 N–H and O–H groups in total. The molecule has 1 aromatic carbocycles. The lowest BCUT2D eigenvalue weighted by atomic mass is 10.0. The summed E-state index contributed by atoms with van der Waals surface area (Å²) in [6.45, 7) is 3.38. The maximum absolute atomic E-state index is 11.8. The Labute approximate surface area is 105 Å². The van der Waals surface area contributed by atoms with Gasteiger partial charge in [-0.2, -0.15) is 0 Å². The van der Waals surface area contributed by atoms with Crippen LogP contribution in [0.5, 0.6) is 0 Å². The van der Waals surface area contributed by atoms with Crippen LogP contribution in [0.15, 0.2) is 24.3 Å². The highest BCUT2D eigenvalue weighted by Gasteiger charge is 2.19. The molecule has 1 aromatic rings. The van der Waals surface area contributed by atoms with E-state index in [-0.39, 0.29) is 16.5 Å². The molecule has 0 fully saturated rings. The molecule has 17 heavy (non-hydrogen) atoms. The first kappa shape index (κ1) is 13.5. The van der Waals surface area contributed by atoms with Gasteiger partial charge in [-0.1, -0.05) is 37.6 Å². The normalized spacial score (nSPS) is 12.2. The fourth-order valence-electron chi connectivity index (χ4n) is 1.36. The molecule has 0 heterocycles. The second-order valence-corrected chi connectivity index (χ2v) is 4.40. The number of halogens is 1. The van der Waals surface area contributed by atoms with E-state index in [1.54, 1.807) is 32.0 Å². The number of benzene rings is 1. The van der Waals surface area contributed by atoms with Gasteiger partial charge >= 0.3 is 0 Å². The number of aliphatic carboxylic acids is 1. The number of nitrogens with one attached hydrogen (secondary N) is 1. The van der Waals surface area contributed by atoms with Crippen molar-refractivity contribution in [1.29, 1.82) is 0 Å². The standard InChI is InChI=1S/C12H14ClNO3/c1-7(2)10(12(16)17)14-11(15)8-5-3-4-6-9(8)13/h3-7,10H,1-2H3,(H,14,15)(H,16,17)/p-1/t10-/m0/s1. The van der Waals surface area contributed by atoms with Gasteiger partial charge < -0.3 is 15.2 Å². The van der Waals surface area contributed by atoms with Crippen LogP contribution in [0, 0.1) is 5.92 Å². The summed E-state index contributed by atoms with van der Waals surface area (Å²) in [4.78, 5) is 22.6. The number of carboxylic acids is 1. The molecule has 0 aliphatic heterocycles. The highest BCUT2D eigenvalue weighted by atomic mass is 35.5. The minimum Gasteiger partial charge on any atom is -0.548 e. The van der Waals surface area contributed by atoms with Crippen LogP contribution in [0.2, 0.25) is 5.02 Å². The third kappa shape index (κ3) is 3.46. The van der Waals surface area contributed by atoms with E-state index in [0.29, 0.717) is 0 Å². The molecule has 0 saturated heterocycles. The Balaban J connectivity index is 2.85. The monoisotopic (exact) mass is 254 g/mol. The summed E-state index contributed by atoms with van der Waals surface area (Å²) in [6, 6.07) is 5.42. The van der Waals surface area contributed by atoms with Gasteiger partial charge in [-0.05, 0) is 18.1 Å². The van der Waals surface area contributed by atoms with Gasteiger partial charge in [-0.3, -0.25) is 4.79 Å². The minimum absolute atomic E-state index is 0.251. The lowest BCUT2D eigenvalue weighted by molar-refractivity contribution is -0.309. The highest BCUT2D eigenvalue weighted by molar-refractivity contribution is 6.33. The van der Waals surface area contributed by atoms with Gasteiger partial charge in [-0.15, -0.1) is 0 Å². The van der Waals surface area contributed by atoms with E-state index < -0.39 is 17.9 Å². The summed E-state index contributed by atoms with van der Waals surface area (Å²) in [5.41, 5.74) is 0.251. The van der Waals surface area contributed by atoms with E-state index in [2.05, 4.69) is 5.32 Å². The quantitative estimate of drug-likeness (QED) is 0.866.